The number of guanidine groups is 1. The van der Waals surface area contributed by atoms with Gasteiger partial charge in [-0.3, -0.25) is 9.89 Å². The van der Waals surface area contributed by atoms with E-state index in [4.69, 9.17) is 9.73 Å². The van der Waals surface area contributed by atoms with Crippen LogP contribution in [0.15, 0.2) is 16.6 Å². The van der Waals surface area contributed by atoms with Crippen LogP contribution in [0.2, 0.25) is 0 Å². The third-order valence-corrected chi connectivity index (χ3v) is 4.65. The third-order valence-electron chi connectivity index (χ3n) is 4.65. The number of hydrogen-bond acceptors (Lipinski definition) is 3. The number of ether oxygens (including phenoxy) is 1. The van der Waals surface area contributed by atoms with Crippen LogP contribution in [0.3, 0.4) is 0 Å². The molecule has 2 rings (SSSR count). The molecule has 2 N–H and O–H groups in total. The summed E-state index contributed by atoms with van der Waals surface area (Å²) in [6.07, 6.45) is 8.83. The van der Waals surface area contributed by atoms with Gasteiger partial charge in [-0.25, -0.2) is 0 Å². The van der Waals surface area contributed by atoms with Gasteiger partial charge < -0.3 is 15.4 Å². The number of morpholine rings is 1. The molecule has 5 heteroatoms. The summed E-state index contributed by atoms with van der Waals surface area (Å²) in [4.78, 5) is 7.23. The first-order chi connectivity index (χ1) is 11.3. The molecule has 1 saturated heterocycles. The fourth-order valence-electron chi connectivity index (χ4n) is 3.17. The summed E-state index contributed by atoms with van der Waals surface area (Å²) in [7, 11) is 0. The zero-order valence-electron chi connectivity index (χ0n) is 14.9. The summed E-state index contributed by atoms with van der Waals surface area (Å²) in [6.45, 7) is 10.8. The van der Waals surface area contributed by atoms with E-state index < -0.39 is 0 Å². The van der Waals surface area contributed by atoms with Gasteiger partial charge in [0.15, 0.2) is 5.96 Å². The van der Waals surface area contributed by atoms with Crippen molar-refractivity contribution in [1.29, 1.82) is 0 Å². The van der Waals surface area contributed by atoms with E-state index in [2.05, 4.69) is 35.5 Å². The maximum Gasteiger partial charge on any atom is 0.191 e. The van der Waals surface area contributed by atoms with Crippen LogP contribution in [0.1, 0.15) is 46.0 Å². The predicted molar refractivity (Wildman–Crippen MR) is 97.0 cm³/mol. The summed E-state index contributed by atoms with van der Waals surface area (Å²) in [5, 5.41) is 6.84. The Morgan fingerprint density at radius 3 is 2.83 bits per heavy atom. The van der Waals surface area contributed by atoms with Gasteiger partial charge >= 0.3 is 0 Å². The Balaban J connectivity index is 1.73. The van der Waals surface area contributed by atoms with Crippen LogP contribution in [0, 0.1) is 0 Å². The average molecular weight is 322 g/mol. The SMILES string of the molecule is CCNC(=NCC(C)N1CCOCC1)NCCC1=CCCCC1. The zero-order valence-corrected chi connectivity index (χ0v) is 14.9. The second-order valence-electron chi connectivity index (χ2n) is 6.50. The van der Waals surface area contributed by atoms with Gasteiger partial charge in [0.05, 0.1) is 19.8 Å². The minimum Gasteiger partial charge on any atom is -0.379 e. The van der Waals surface area contributed by atoms with Gasteiger partial charge in [0.25, 0.3) is 0 Å². The maximum atomic E-state index is 5.42. The smallest absolute Gasteiger partial charge is 0.191 e. The quantitative estimate of drug-likeness (QED) is 0.428. The van der Waals surface area contributed by atoms with Crippen LogP contribution in [-0.2, 0) is 4.74 Å². The first-order valence-electron chi connectivity index (χ1n) is 9.31. The Bertz CT molecular complexity index is 388. The highest BCUT2D eigenvalue weighted by Gasteiger charge is 2.16. The fourth-order valence-corrected chi connectivity index (χ4v) is 3.17. The highest BCUT2D eigenvalue weighted by molar-refractivity contribution is 5.79. The Kier molecular flexibility index (Phi) is 8.47. The van der Waals surface area contributed by atoms with Gasteiger partial charge in [0, 0.05) is 32.2 Å². The highest BCUT2D eigenvalue weighted by atomic mass is 16.5. The van der Waals surface area contributed by atoms with Gasteiger partial charge in [-0.1, -0.05) is 11.6 Å². The lowest BCUT2D eigenvalue weighted by Crippen LogP contribution is -2.44. The largest absolute Gasteiger partial charge is 0.379 e. The molecule has 0 amide bonds. The summed E-state index contributed by atoms with van der Waals surface area (Å²) in [6, 6.07) is 0.468. The number of allylic oxidation sites excluding steroid dienone is 1. The van der Waals surface area contributed by atoms with Crippen LogP contribution in [0.4, 0.5) is 0 Å². The molecule has 1 atom stereocenters. The van der Waals surface area contributed by atoms with Crippen LogP contribution in [0.25, 0.3) is 0 Å². The molecule has 0 aromatic carbocycles. The molecule has 1 unspecified atom stereocenters. The monoisotopic (exact) mass is 322 g/mol. The first-order valence-corrected chi connectivity index (χ1v) is 9.31. The standard InChI is InChI=1S/C18H34N4O/c1-3-19-18(20-10-9-17-7-5-4-6-8-17)21-15-16(2)22-11-13-23-14-12-22/h7,16H,3-6,8-15H2,1-2H3,(H2,19,20,21). The Labute approximate surface area is 141 Å². The highest BCUT2D eigenvalue weighted by Crippen LogP contribution is 2.19. The molecular weight excluding hydrogens is 288 g/mol. The fraction of sp³-hybridized carbons (Fsp3) is 0.833. The van der Waals surface area contributed by atoms with Gasteiger partial charge in [0.1, 0.15) is 0 Å². The van der Waals surface area contributed by atoms with Gasteiger partial charge in [-0.05, 0) is 46.0 Å². The minimum absolute atomic E-state index is 0.468. The maximum absolute atomic E-state index is 5.42. The van der Waals surface area contributed by atoms with Crippen molar-refractivity contribution in [1.82, 2.24) is 15.5 Å². The lowest BCUT2D eigenvalue weighted by molar-refractivity contribution is 0.0220. The van der Waals surface area contributed by atoms with E-state index in [1.807, 2.05) is 0 Å². The minimum atomic E-state index is 0.468. The third kappa shape index (κ3) is 6.92. The Hall–Kier alpha value is -1.07. The van der Waals surface area contributed by atoms with Crippen molar-refractivity contribution in [3.05, 3.63) is 11.6 Å². The number of aliphatic imine (C=N–C) groups is 1. The van der Waals surface area contributed by atoms with Crippen molar-refractivity contribution >= 4 is 5.96 Å². The van der Waals surface area contributed by atoms with E-state index in [0.717, 1.165) is 58.3 Å². The number of nitrogens with one attached hydrogen (secondary N) is 2. The second-order valence-corrected chi connectivity index (χ2v) is 6.50. The van der Waals surface area contributed by atoms with E-state index >= 15 is 0 Å². The van der Waals surface area contributed by atoms with Crippen molar-refractivity contribution < 1.29 is 4.74 Å². The number of nitrogens with zero attached hydrogens (tertiary/aromatic N) is 2. The van der Waals surface area contributed by atoms with E-state index in [-0.39, 0.29) is 0 Å². The van der Waals surface area contributed by atoms with E-state index in [1.165, 1.54) is 25.7 Å². The van der Waals surface area contributed by atoms with Crippen molar-refractivity contribution in [2.75, 3.05) is 45.9 Å². The number of rotatable bonds is 7. The summed E-state index contributed by atoms with van der Waals surface area (Å²) >= 11 is 0. The van der Waals surface area contributed by atoms with Crippen molar-refractivity contribution in [3.63, 3.8) is 0 Å². The molecule has 1 aliphatic heterocycles. The molecule has 2 aliphatic rings. The molecule has 132 valence electrons. The first kappa shape index (κ1) is 18.3. The molecule has 1 aliphatic carbocycles. The molecule has 1 fully saturated rings. The molecule has 0 spiro atoms. The normalized spacial score (nSPS) is 21.7. The van der Waals surface area contributed by atoms with Gasteiger partial charge in [-0.2, -0.15) is 0 Å². The molecule has 1 heterocycles. The topological polar surface area (TPSA) is 48.9 Å². The molecule has 0 radical (unpaired) electrons. The van der Waals surface area contributed by atoms with Crippen LogP contribution < -0.4 is 10.6 Å². The second kappa shape index (κ2) is 10.7. The molecule has 23 heavy (non-hydrogen) atoms. The summed E-state index contributed by atoms with van der Waals surface area (Å²) < 4.78 is 5.42. The average Bonchev–Trinajstić information content (AvgIpc) is 2.61. The van der Waals surface area contributed by atoms with Gasteiger partial charge in [-0.15, -0.1) is 0 Å². The van der Waals surface area contributed by atoms with Crippen molar-refractivity contribution in [2.24, 2.45) is 4.99 Å². The molecule has 0 bridgehead atoms. The Morgan fingerprint density at radius 1 is 1.30 bits per heavy atom. The Morgan fingerprint density at radius 2 is 2.13 bits per heavy atom. The van der Waals surface area contributed by atoms with Crippen LogP contribution in [-0.4, -0.2) is 62.8 Å². The van der Waals surface area contributed by atoms with E-state index in [0.29, 0.717) is 6.04 Å². The number of hydrogen-bond donors (Lipinski definition) is 2. The zero-order chi connectivity index (χ0) is 16.3. The van der Waals surface area contributed by atoms with Crippen molar-refractivity contribution in [3.8, 4) is 0 Å². The van der Waals surface area contributed by atoms with Crippen LogP contribution >= 0.6 is 0 Å². The van der Waals surface area contributed by atoms with Gasteiger partial charge in [0.2, 0.25) is 0 Å². The molecule has 5 nitrogen and oxygen atoms in total. The molecule has 0 saturated carbocycles. The summed E-state index contributed by atoms with van der Waals surface area (Å²) in [5.74, 6) is 0.948. The molecule has 0 aromatic rings. The van der Waals surface area contributed by atoms with Crippen molar-refractivity contribution in [2.45, 2.75) is 52.0 Å². The predicted octanol–water partition coefficient (Wildman–Crippen LogP) is 2.15. The summed E-state index contributed by atoms with van der Waals surface area (Å²) in [5.41, 5.74) is 1.61. The molecule has 0 aromatic heterocycles. The molecular formula is C18H34N4O. The lowest BCUT2D eigenvalue weighted by atomic mass is 9.97. The van der Waals surface area contributed by atoms with Crippen LogP contribution in [0.5, 0.6) is 0 Å². The van der Waals surface area contributed by atoms with E-state index in [1.54, 1.807) is 5.57 Å². The van der Waals surface area contributed by atoms with E-state index in [9.17, 15) is 0 Å². The lowest BCUT2D eigenvalue weighted by Gasteiger charge is -2.31.